The third-order valence-corrected chi connectivity index (χ3v) is 8.90. The zero-order valence-corrected chi connectivity index (χ0v) is 25.3. The van der Waals surface area contributed by atoms with Gasteiger partial charge in [0, 0.05) is 11.3 Å². The standard InChI is InChI=1S/C45H30N2/c1-4-16-31(17-5-1)33-28-29-38-40(30-33)43(32-18-6-2-7-19-32)35-22-10-11-23-36(35)44(38)37-24-12-13-25-39(37)45-46-41-26-14-15-27-42(41)47(45)34-20-8-3-9-21-34/h1-30H/i3D,8D,9D,20D,21D. The molecule has 9 rings (SSSR count). The van der Waals surface area contributed by atoms with Crippen molar-refractivity contribution in [3.8, 4) is 50.5 Å². The number of aromatic nitrogens is 2. The van der Waals surface area contributed by atoms with E-state index < -0.39 is 18.1 Å². The number of benzene rings is 8. The maximum Gasteiger partial charge on any atom is 0.146 e. The Morgan fingerprint density at radius 2 is 1.04 bits per heavy atom. The molecule has 0 atom stereocenters. The summed E-state index contributed by atoms with van der Waals surface area (Å²) in [6, 6.07) is 49.9. The van der Waals surface area contributed by atoms with Crippen LogP contribution in [0.3, 0.4) is 0 Å². The predicted molar refractivity (Wildman–Crippen MR) is 198 cm³/mol. The van der Waals surface area contributed by atoms with E-state index in [2.05, 4.69) is 97.1 Å². The van der Waals surface area contributed by atoms with E-state index in [1.54, 1.807) is 4.57 Å². The SMILES string of the molecule is [2H]c1c([2H])c([2H])c(-n2c(-c3ccccc3-c3c4ccccc4c(-c4ccccc4)c4cc(-c5ccccc5)ccc34)nc3ccccc32)c([2H])c1[2H]. The number of hydrogen-bond acceptors (Lipinski definition) is 1. The Kier molecular flexibility index (Phi) is 5.35. The van der Waals surface area contributed by atoms with Gasteiger partial charge in [0.1, 0.15) is 5.82 Å². The van der Waals surface area contributed by atoms with Gasteiger partial charge in [0.2, 0.25) is 0 Å². The van der Waals surface area contributed by atoms with Gasteiger partial charge in [-0.05, 0) is 85.2 Å². The largest absolute Gasteiger partial charge is 0.292 e. The zero-order valence-electron chi connectivity index (χ0n) is 30.3. The van der Waals surface area contributed by atoms with E-state index in [0.29, 0.717) is 16.9 Å². The van der Waals surface area contributed by atoms with Crippen LogP contribution < -0.4 is 0 Å². The lowest BCUT2D eigenvalue weighted by molar-refractivity contribution is 1.10. The third kappa shape index (κ3) is 4.54. The molecule has 0 saturated carbocycles. The Morgan fingerprint density at radius 1 is 0.447 bits per heavy atom. The third-order valence-electron chi connectivity index (χ3n) is 8.90. The molecule has 2 nitrogen and oxygen atoms in total. The summed E-state index contributed by atoms with van der Waals surface area (Å²) in [6.45, 7) is 0. The van der Waals surface area contributed by atoms with Gasteiger partial charge < -0.3 is 0 Å². The predicted octanol–water partition coefficient (Wildman–Crippen LogP) is 12.0. The molecule has 0 bridgehead atoms. The summed E-state index contributed by atoms with van der Waals surface area (Å²) < 4.78 is 44.9. The second-order valence-electron chi connectivity index (χ2n) is 11.6. The van der Waals surface area contributed by atoms with Crippen LogP contribution in [-0.4, -0.2) is 9.55 Å². The molecular formula is C45H30N2. The summed E-state index contributed by atoms with van der Waals surface area (Å²) in [5.41, 5.74) is 8.60. The molecule has 0 unspecified atom stereocenters. The highest BCUT2D eigenvalue weighted by atomic mass is 15.1. The van der Waals surface area contributed by atoms with Crippen LogP contribution in [0.25, 0.3) is 83.0 Å². The van der Waals surface area contributed by atoms with Gasteiger partial charge in [0.15, 0.2) is 0 Å². The normalized spacial score (nSPS) is 12.9. The lowest BCUT2D eigenvalue weighted by Gasteiger charge is -2.20. The average molecular weight is 604 g/mol. The van der Waals surface area contributed by atoms with E-state index in [1.807, 2.05) is 54.6 Å². The Labute approximate surface area is 280 Å². The molecule has 2 heteroatoms. The van der Waals surface area contributed by atoms with Crippen molar-refractivity contribution in [3.05, 3.63) is 182 Å². The van der Waals surface area contributed by atoms with Crippen LogP contribution in [0.5, 0.6) is 0 Å². The van der Waals surface area contributed by atoms with Gasteiger partial charge in [-0.25, -0.2) is 4.98 Å². The second-order valence-corrected chi connectivity index (χ2v) is 11.6. The molecule has 0 N–H and O–H groups in total. The highest BCUT2D eigenvalue weighted by Crippen LogP contribution is 2.47. The first kappa shape index (κ1) is 22.3. The number of para-hydroxylation sites is 3. The Bertz CT molecular complexity index is 2820. The molecule has 9 aromatic rings. The molecule has 1 aromatic heterocycles. The minimum absolute atomic E-state index is 0.0612. The molecule has 47 heavy (non-hydrogen) atoms. The highest BCUT2D eigenvalue weighted by Gasteiger charge is 2.22. The molecule has 0 amide bonds. The fourth-order valence-corrected chi connectivity index (χ4v) is 6.88. The summed E-state index contributed by atoms with van der Waals surface area (Å²) in [4.78, 5) is 5.12. The molecule has 0 aliphatic rings. The van der Waals surface area contributed by atoms with Crippen molar-refractivity contribution in [3.63, 3.8) is 0 Å². The number of hydrogen-bond donors (Lipinski definition) is 0. The van der Waals surface area contributed by atoms with Crippen molar-refractivity contribution >= 4 is 32.6 Å². The first-order valence-corrected chi connectivity index (χ1v) is 15.7. The average Bonchev–Trinajstić information content (AvgIpc) is 3.58. The number of rotatable bonds is 5. The summed E-state index contributed by atoms with van der Waals surface area (Å²) in [5.74, 6) is 0.487. The van der Waals surface area contributed by atoms with Crippen LogP contribution in [0.4, 0.5) is 0 Å². The molecule has 0 spiro atoms. The van der Waals surface area contributed by atoms with Crippen LogP contribution in [0, 0.1) is 0 Å². The van der Waals surface area contributed by atoms with Crippen LogP contribution in [-0.2, 0) is 0 Å². The van der Waals surface area contributed by atoms with Crippen LogP contribution >= 0.6 is 0 Å². The van der Waals surface area contributed by atoms with Crippen molar-refractivity contribution < 1.29 is 6.85 Å². The molecule has 0 fully saturated rings. The minimum atomic E-state index is -0.434. The lowest BCUT2D eigenvalue weighted by atomic mass is 9.83. The van der Waals surface area contributed by atoms with E-state index in [4.69, 9.17) is 11.8 Å². The molecule has 0 radical (unpaired) electrons. The smallest absolute Gasteiger partial charge is 0.146 e. The quantitative estimate of drug-likeness (QED) is 0.179. The van der Waals surface area contributed by atoms with Crippen molar-refractivity contribution in [1.82, 2.24) is 9.55 Å². The summed E-state index contributed by atoms with van der Waals surface area (Å²) in [7, 11) is 0. The van der Waals surface area contributed by atoms with E-state index >= 15 is 0 Å². The van der Waals surface area contributed by atoms with E-state index in [-0.39, 0.29) is 17.8 Å². The first-order chi connectivity index (χ1) is 25.4. The first-order valence-electron chi connectivity index (χ1n) is 18.2. The fraction of sp³-hybridized carbons (Fsp3) is 0. The monoisotopic (exact) mass is 603 g/mol. The van der Waals surface area contributed by atoms with Gasteiger partial charge in [0.05, 0.1) is 17.9 Å². The fourth-order valence-electron chi connectivity index (χ4n) is 6.88. The van der Waals surface area contributed by atoms with E-state index in [1.165, 1.54) is 0 Å². The van der Waals surface area contributed by atoms with E-state index in [9.17, 15) is 0 Å². The molecular weight excluding hydrogens is 569 g/mol. The van der Waals surface area contributed by atoms with Gasteiger partial charge in [-0.15, -0.1) is 0 Å². The highest BCUT2D eigenvalue weighted by molar-refractivity contribution is 6.23. The Hall–Kier alpha value is -6.25. The van der Waals surface area contributed by atoms with E-state index in [0.717, 1.165) is 60.5 Å². The molecule has 8 aromatic carbocycles. The number of nitrogens with zero attached hydrogens (tertiary/aromatic N) is 2. The zero-order chi connectivity index (χ0) is 35.5. The van der Waals surface area contributed by atoms with Crippen molar-refractivity contribution in [2.75, 3.05) is 0 Å². The van der Waals surface area contributed by atoms with Crippen LogP contribution in [0.15, 0.2) is 182 Å². The summed E-state index contributed by atoms with van der Waals surface area (Å²) in [5, 5.41) is 4.35. The summed E-state index contributed by atoms with van der Waals surface area (Å²) in [6.07, 6.45) is 0. The summed E-state index contributed by atoms with van der Waals surface area (Å²) >= 11 is 0. The van der Waals surface area contributed by atoms with Crippen molar-refractivity contribution in [1.29, 1.82) is 0 Å². The van der Waals surface area contributed by atoms with Crippen molar-refractivity contribution in [2.45, 2.75) is 0 Å². The Balaban J connectivity index is 1.41. The minimum Gasteiger partial charge on any atom is -0.292 e. The van der Waals surface area contributed by atoms with Crippen molar-refractivity contribution in [2.24, 2.45) is 0 Å². The second kappa shape index (κ2) is 11.3. The molecule has 0 aliphatic carbocycles. The van der Waals surface area contributed by atoms with Gasteiger partial charge in [-0.1, -0.05) is 152 Å². The molecule has 0 saturated heterocycles. The Morgan fingerprint density at radius 3 is 1.81 bits per heavy atom. The number of fused-ring (bicyclic) bond motifs is 3. The molecule has 1 heterocycles. The van der Waals surface area contributed by atoms with Gasteiger partial charge >= 0.3 is 0 Å². The van der Waals surface area contributed by atoms with Gasteiger partial charge in [-0.2, -0.15) is 0 Å². The number of imidazole rings is 1. The molecule has 220 valence electrons. The topological polar surface area (TPSA) is 17.8 Å². The van der Waals surface area contributed by atoms with Crippen LogP contribution in [0.2, 0.25) is 0 Å². The maximum absolute atomic E-state index is 8.95. The van der Waals surface area contributed by atoms with Gasteiger partial charge in [-0.3, -0.25) is 4.57 Å². The van der Waals surface area contributed by atoms with Gasteiger partial charge in [0.25, 0.3) is 0 Å². The lowest BCUT2D eigenvalue weighted by Crippen LogP contribution is -1.99. The maximum atomic E-state index is 8.95. The molecule has 0 aliphatic heterocycles. The van der Waals surface area contributed by atoms with Crippen LogP contribution in [0.1, 0.15) is 6.85 Å².